The zero-order chi connectivity index (χ0) is 15.4. The summed E-state index contributed by atoms with van der Waals surface area (Å²) in [4.78, 5) is 14.0. The molecule has 5 nitrogen and oxygen atoms in total. The molecule has 1 atom stereocenters. The fraction of sp³-hybridized carbons (Fsp3) is 0.750. The molecule has 1 N–H and O–H groups in total. The van der Waals surface area contributed by atoms with Gasteiger partial charge in [-0.25, -0.2) is 9.97 Å². The van der Waals surface area contributed by atoms with Gasteiger partial charge in [-0.3, -0.25) is 0 Å². The Morgan fingerprint density at radius 1 is 1.43 bits per heavy atom. The molecule has 1 aliphatic heterocycles. The Labute approximate surface area is 128 Å². The van der Waals surface area contributed by atoms with E-state index >= 15 is 0 Å². The van der Waals surface area contributed by atoms with Gasteiger partial charge in [0.2, 0.25) is 0 Å². The lowest BCUT2D eigenvalue weighted by molar-refractivity contribution is 0.395. The van der Waals surface area contributed by atoms with E-state index in [0.29, 0.717) is 5.92 Å². The fourth-order valence-corrected chi connectivity index (χ4v) is 2.83. The molecule has 2 heterocycles. The van der Waals surface area contributed by atoms with Crippen LogP contribution in [0.15, 0.2) is 6.07 Å². The molecule has 1 fully saturated rings. The Kier molecular flexibility index (Phi) is 5.39. The normalized spacial score (nSPS) is 19.2. The van der Waals surface area contributed by atoms with Crippen LogP contribution in [-0.2, 0) is 0 Å². The van der Waals surface area contributed by atoms with Crippen molar-refractivity contribution in [2.45, 2.75) is 33.1 Å². The summed E-state index contributed by atoms with van der Waals surface area (Å²) in [6.07, 6.45) is 1.28. The first-order valence-corrected chi connectivity index (χ1v) is 8.02. The van der Waals surface area contributed by atoms with Gasteiger partial charge in [0.05, 0.1) is 0 Å². The Morgan fingerprint density at radius 3 is 2.76 bits per heavy atom. The number of likely N-dealkylation sites (tertiary alicyclic amines) is 1. The van der Waals surface area contributed by atoms with Gasteiger partial charge in [0, 0.05) is 38.7 Å². The van der Waals surface area contributed by atoms with Crippen LogP contribution in [0.3, 0.4) is 0 Å². The molecule has 0 saturated carbocycles. The summed E-state index contributed by atoms with van der Waals surface area (Å²) < 4.78 is 0. The average Bonchev–Trinajstić information content (AvgIpc) is 2.84. The molecule has 5 heteroatoms. The van der Waals surface area contributed by atoms with E-state index in [9.17, 15) is 0 Å². The summed E-state index contributed by atoms with van der Waals surface area (Å²) in [7, 11) is 4.34. The maximum atomic E-state index is 4.74. The van der Waals surface area contributed by atoms with Crippen molar-refractivity contribution in [3.8, 4) is 0 Å². The van der Waals surface area contributed by atoms with E-state index < -0.39 is 0 Å². The fourth-order valence-electron chi connectivity index (χ4n) is 2.83. The first kappa shape index (κ1) is 16.0. The van der Waals surface area contributed by atoms with E-state index in [0.717, 1.165) is 36.5 Å². The van der Waals surface area contributed by atoms with Crippen LogP contribution in [0.4, 0.5) is 11.6 Å². The molecule has 0 radical (unpaired) electrons. The number of rotatable bonds is 6. The Morgan fingerprint density at radius 2 is 2.19 bits per heavy atom. The molecule has 1 unspecified atom stereocenters. The molecular weight excluding hydrogens is 262 g/mol. The van der Waals surface area contributed by atoms with Crippen molar-refractivity contribution in [3.63, 3.8) is 0 Å². The van der Waals surface area contributed by atoms with Crippen LogP contribution in [0.1, 0.15) is 38.9 Å². The minimum absolute atomic E-state index is 0.341. The predicted octanol–water partition coefficient (Wildman–Crippen LogP) is 2.42. The Balaban J connectivity index is 2.12. The molecule has 118 valence electrons. The van der Waals surface area contributed by atoms with Gasteiger partial charge >= 0.3 is 0 Å². The van der Waals surface area contributed by atoms with Crippen LogP contribution in [0.5, 0.6) is 0 Å². The lowest BCUT2D eigenvalue weighted by Crippen LogP contribution is -2.28. The second kappa shape index (κ2) is 7.07. The maximum Gasteiger partial charge on any atom is 0.135 e. The van der Waals surface area contributed by atoms with Crippen molar-refractivity contribution < 1.29 is 0 Å². The van der Waals surface area contributed by atoms with E-state index in [1.165, 1.54) is 19.5 Å². The zero-order valence-corrected chi connectivity index (χ0v) is 14.1. The molecule has 0 aliphatic carbocycles. The minimum Gasteiger partial charge on any atom is -0.370 e. The third kappa shape index (κ3) is 4.30. The van der Waals surface area contributed by atoms with Gasteiger partial charge in [-0.2, -0.15) is 0 Å². The summed E-state index contributed by atoms with van der Waals surface area (Å²) in [5, 5.41) is 3.31. The van der Waals surface area contributed by atoms with E-state index in [1.54, 1.807) is 0 Å². The van der Waals surface area contributed by atoms with E-state index in [2.05, 4.69) is 61.0 Å². The smallest absolute Gasteiger partial charge is 0.135 e. The third-order valence-electron chi connectivity index (χ3n) is 4.02. The molecule has 0 spiro atoms. The number of hydrogen-bond acceptors (Lipinski definition) is 5. The summed E-state index contributed by atoms with van der Waals surface area (Å²) >= 11 is 0. The number of nitrogens with zero attached hydrogens (tertiary/aromatic N) is 4. The standard InChI is InChI=1S/C16H29N5/c1-6-17-14-9-15(19-16(18-14)12(2)3)21(5)11-13-7-8-20(4)10-13/h9,12-13H,6-8,10-11H2,1-5H3,(H,17,18,19). The van der Waals surface area contributed by atoms with Gasteiger partial charge in [0.25, 0.3) is 0 Å². The monoisotopic (exact) mass is 291 g/mol. The van der Waals surface area contributed by atoms with Crippen molar-refractivity contribution in [1.82, 2.24) is 14.9 Å². The molecular formula is C16H29N5. The topological polar surface area (TPSA) is 44.3 Å². The van der Waals surface area contributed by atoms with Crippen molar-refractivity contribution in [3.05, 3.63) is 11.9 Å². The minimum atomic E-state index is 0.341. The lowest BCUT2D eigenvalue weighted by atomic mass is 10.1. The lowest BCUT2D eigenvalue weighted by Gasteiger charge is -2.23. The number of hydrogen-bond donors (Lipinski definition) is 1. The highest BCUT2D eigenvalue weighted by atomic mass is 15.2. The van der Waals surface area contributed by atoms with Crippen LogP contribution in [0.2, 0.25) is 0 Å². The van der Waals surface area contributed by atoms with Gasteiger partial charge in [0.15, 0.2) is 0 Å². The summed E-state index contributed by atoms with van der Waals surface area (Å²) in [6.45, 7) is 10.7. The molecule has 21 heavy (non-hydrogen) atoms. The molecule has 2 rings (SSSR count). The van der Waals surface area contributed by atoms with Crippen LogP contribution in [-0.4, -0.2) is 55.1 Å². The second-order valence-corrected chi connectivity index (χ2v) is 6.45. The first-order valence-electron chi connectivity index (χ1n) is 8.02. The van der Waals surface area contributed by atoms with Crippen LogP contribution >= 0.6 is 0 Å². The highest BCUT2D eigenvalue weighted by molar-refractivity contribution is 5.49. The predicted molar refractivity (Wildman–Crippen MR) is 89.2 cm³/mol. The van der Waals surface area contributed by atoms with Crippen molar-refractivity contribution in [2.75, 3.05) is 50.5 Å². The number of anilines is 2. The molecule has 1 aromatic heterocycles. The van der Waals surface area contributed by atoms with Crippen molar-refractivity contribution >= 4 is 11.6 Å². The Hall–Kier alpha value is -1.36. The zero-order valence-electron chi connectivity index (χ0n) is 14.1. The second-order valence-electron chi connectivity index (χ2n) is 6.45. The molecule has 0 bridgehead atoms. The highest BCUT2D eigenvalue weighted by Crippen LogP contribution is 2.22. The largest absolute Gasteiger partial charge is 0.370 e. The van der Waals surface area contributed by atoms with Gasteiger partial charge in [-0.05, 0) is 32.9 Å². The third-order valence-corrected chi connectivity index (χ3v) is 4.02. The SMILES string of the molecule is CCNc1cc(N(C)CC2CCN(C)C2)nc(C(C)C)n1. The van der Waals surface area contributed by atoms with Gasteiger partial charge in [-0.1, -0.05) is 13.8 Å². The summed E-state index contributed by atoms with van der Waals surface area (Å²) in [6, 6.07) is 2.06. The van der Waals surface area contributed by atoms with Crippen LogP contribution in [0.25, 0.3) is 0 Å². The van der Waals surface area contributed by atoms with Crippen LogP contribution < -0.4 is 10.2 Å². The quantitative estimate of drug-likeness (QED) is 0.872. The average molecular weight is 291 g/mol. The molecule has 0 amide bonds. The van der Waals surface area contributed by atoms with Crippen LogP contribution in [0, 0.1) is 5.92 Å². The van der Waals surface area contributed by atoms with E-state index in [4.69, 9.17) is 4.98 Å². The maximum absolute atomic E-state index is 4.74. The van der Waals surface area contributed by atoms with Gasteiger partial charge in [0.1, 0.15) is 17.5 Å². The van der Waals surface area contributed by atoms with Crippen molar-refractivity contribution in [2.24, 2.45) is 5.92 Å². The Bertz CT molecular complexity index is 460. The first-order chi connectivity index (χ1) is 9.99. The van der Waals surface area contributed by atoms with Gasteiger partial charge in [-0.15, -0.1) is 0 Å². The van der Waals surface area contributed by atoms with E-state index in [1.807, 2.05) is 0 Å². The van der Waals surface area contributed by atoms with Gasteiger partial charge < -0.3 is 15.1 Å². The highest BCUT2D eigenvalue weighted by Gasteiger charge is 2.21. The summed E-state index contributed by atoms with van der Waals surface area (Å²) in [5.41, 5.74) is 0. The molecule has 0 aromatic carbocycles. The molecule has 1 aliphatic rings. The number of nitrogens with one attached hydrogen (secondary N) is 1. The summed E-state index contributed by atoms with van der Waals surface area (Å²) in [5.74, 6) is 3.95. The van der Waals surface area contributed by atoms with E-state index in [-0.39, 0.29) is 0 Å². The number of aromatic nitrogens is 2. The van der Waals surface area contributed by atoms with Crippen molar-refractivity contribution in [1.29, 1.82) is 0 Å². The molecule has 1 aromatic rings. The molecule has 1 saturated heterocycles.